The van der Waals surface area contributed by atoms with E-state index in [1.807, 2.05) is 0 Å². The quantitative estimate of drug-likeness (QED) is 0.386. The molecule has 0 radical (unpaired) electrons. The average molecular weight is 316 g/mol. The third kappa shape index (κ3) is 6.63. The highest BCUT2D eigenvalue weighted by molar-refractivity contribution is 5.78. The smallest absolute Gasteiger partial charge is 0.338 e. The second-order valence-corrected chi connectivity index (χ2v) is 5.74. The van der Waals surface area contributed by atoms with Gasteiger partial charge in [-0.25, -0.2) is 4.79 Å². The molecule has 1 unspecified atom stereocenters. The Kier molecular flexibility index (Phi) is 10.5. The van der Waals surface area contributed by atoms with E-state index in [0.717, 1.165) is 38.5 Å². The molecular weight excluding hydrogens is 284 g/mol. The SMILES string of the molecule is CCCCOC[C@H]1OC(=O)C(OCCCC)[C@H]1OCCCC. The van der Waals surface area contributed by atoms with Gasteiger partial charge in [0, 0.05) is 19.8 Å². The predicted octanol–water partition coefficient (Wildman–Crippen LogP) is 3.10. The van der Waals surface area contributed by atoms with Gasteiger partial charge in [0.25, 0.3) is 0 Å². The molecule has 0 aromatic heterocycles. The Hall–Kier alpha value is -0.650. The van der Waals surface area contributed by atoms with E-state index >= 15 is 0 Å². The van der Waals surface area contributed by atoms with Gasteiger partial charge in [-0.1, -0.05) is 40.0 Å². The van der Waals surface area contributed by atoms with Crippen molar-refractivity contribution < 1.29 is 23.7 Å². The van der Waals surface area contributed by atoms with Crippen molar-refractivity contribution in [1.29, 1.82) is 0 Å². The second-order valence-electron chi connectivity index (χ2n) is 5.74. The van der Waals surface area contributed by atoms with Crippen molar-refractivity contribution in [3.63, 3.8) is 0 Å². The number of carbonyl (C=O) groups excluding carboxylic acids is 1. The summed E-state index contributed by atoms with van der Waals surface area (Å²) in [7, 11) is 0. The highest BCUT2D eigenvalue weighted by atomic mass is 16.6. The van der Waals surface area contributed by atoms with Gasteiger partial charge in [0.05, 0.1) is 6.61 Å². The van der Waals surface area contributed by atoms with Crippen LogP contribution in [-0.4, -0.2) is 50.7 Å². The summed E-state index contributed by atoms with van der Waals surface area (Å²) in [6, 6.07) is 0. The molecule has 3 atom stereocenters. The predicted molar refractivity (Wildman–Crippen MR) is 84.9 cm³/mol. The molecule has 22 heavy (non-hydrogen) atoms. The van der Waals surface area contributed by atoms with Gasteiger partial charge in [0.15, 0.2) is 12.2 Å². The Morgan fingerprint density at radius 1 is 0.909 bits per heavy atom. The molecule has 0 amide bonds. The van der Waals surface area contributed by atoms with Crippen molar-refractivity contribution in [3.05, 3.63) is 0 Å². The Balaban J connectivity index is 2.50. The van der Waals surface area contributed by atoms with Crippen LogP contribution in [0.3, 0.4) is 0 Å². The first-order valence-electron chi connectivity index (χ1n) is 8.75. The maximum Gasteiger partial charge on any atom is 0.338 e. The maximum absolute atomic E-state index is 12.0. The first-order valence-corrected chi connectivity index (χ1v) is 8.75. The Bertz CT molecular complexity index is 295. The Morgan fingerprint density at radius 2 is 1.50 bits per heavy atom. The molecule has 0 bridgehead atoms. The lowest BCUT2D eigenvalue weighted by molar-refractivity contribution is -0.151. The minimum absolute atomic E-state index is 0.318. The van der Waals surface area contributed by atoms with E-state index in [-0.39, 0.29) is 18.2 Å². The summed E-state index contributed by atoms with van der Waals surface area (Å²) >= 11 is 0. The summed E-state index contributed by atoms with van der Waals surface area (Å²) in [5.41, 5.74) is 0. The fourth-order valence-corrected chi connectivity index (χ4v) is 2.26. The normalized spacial score (nSPS) is 24.7. The maximum atomic E-state index is 12.0. The van der Waals surface area contributed by atoms with E-state index in [4.69, 9.17) is 18.9 Å². The number of ether oxygens (including phenoxy) is 4. The van der Waals surface area contributed by atoms with Crippen LogP contribution in [0.15, 0.2) is 0 Å². The lowest BCUT2D eigenvalue weighted by Crippen LogP contribution is -2.38. The minimum atomic E-state index is -0.608. The van der Waals surface area contributed by atoms with Gasteiger partial charge in [-0.15, -0.1) is 0 Å². The van der Waals surface area contributed by atoms with Gasteiger partial charge < -0.3 is 18.9 Å². The van der Waals surface area contributed by atoms with Crippen molar-refractivity contribution in [1.82, 2.24) is 0 Å². The summed E-state index contributed by atoms with van der Waals surface area (Å²) in [5, 5.41) is 0. The Labute approximate surface area is 134 Å². The summed E-state index contributed by atoms with van der Waals surface area (Å²) in [4.78, 5) is 12.0. The van der Waals surface area contributed by atoms with E-state index in [0.29, 0.717) is 26.4 Å². The first kappa shape index (κ1) is 19.4. The van der Waals surface area contributed by atoms with Crippen molar-refractivity contribution in [2.24, 2.45) is 0 Å². The molecule has 0 aromatic carbocycles. The Morgan fingerprint density at radius 3 is 2.14 bits per heavy atom. The average Bonchev–Trinajstić information content (AvgIpc) is 2.80. The first-order chi connectivity index (χ1) is 10.7. The van der Waals surface area contributed by atoms with E-state index in [9.17, 15) is 4.79 Å². The zero-order valence-electron chi connectivity index (χ0n) is 14.3. The third-order valence-electron chi connectivity index (χ3n) is 3.69. The molecule has 0 spiro atoms. The highest BCUT2D eigenvalue weighted by Crippen LogP contribution is 2.23. The van der Waals surface area contributed by atoms with Crippen LogP contribution in [0.1, 0.15) is 59.3 Å². The molecule has 5 heteroatoms. The van der Waals surface area contributed by atoms with Crippen LogP contribution in [0.2, 0.25) is 0 Å². The highest BCUT2D eigenvalue weighted by Gasteiger charge is 2.46. The fourth-order valence-electron chi connectivity index (χ4n) is 2.26. The molecule has 1 aliphatic rings. The number of carbonyl (C=O) groups is 1. The summed E-state index contributed by atoms with van der Waals surface area (Å²) in [6.45, 7) is 8.58. The zero-order valence-corrected chi connectivity index (χ0v) is 14.3. The number of hydrogen-bond donors (Lipinski definition) is 0. The van der Waals surface area contributed by atoms with E-state index < -0.39 is 6.10 Å². The minimum Gasteiger partial charge on any atom is -0.455 e. The van der Waals surface area contributed by atoms with Crippen molar-refractivity contribution in [3.8, 4) is 0 Å². The summed E-state index contributed by atoms with van der Waals surface area (Å²) < 4.78 is 22.6. The molecule has 1 rings (SSSR count). The molecule has 0 aliphatic carbocycles. The van der Waals surface area contributed by atoms with E-state index in [2.05, 4.69) is 20.8 Å². The van der Waals surface area contributed by atoms with Gasteiger partial charge in [0.2, 0.25) is 0 Å². The van der Waals surface area contributed by atoms with Crippen LogP contribution in [0, 0.1) is 0 Å². The largest absolute Gasteiger partial charge is 0.455 e. The molecule has 0 aromatic rings. The summed E-state index contributed by atoms with van der Waals surface area (Å²) in [6.07, 6.45) is 4.78. The van der Waals surface area contributed by atoms with Crippen LogP contribution < -0.4 is 0 Å². The molecule has 1 aliphatic heterocycles. The molecular formula is C17H32O5. The van der Waals surface area contributed by atoms with E-state index in [1.54, 1.807) is 0 Å². The van der Waals surface area contributed by atoms with Gasteiger partial charge in [-0.05, 0) is 19.3 Å². The zero-order chi connectivity index (χ0) is 16.2. The number of rotatable bonds is 13. The third-order valence-corrected chi connectivity index (χ3v) is 3.69. The molecule has 1 fully saturated rings. The number of hydrogen-bond acceptors (Lipinski definition) is 5. The lowest BCUT2D eigenvalue weighted by atomic mass is 10.1. The van der Waals surface area contributed by atoms with Crippen molar-refractivity contribution in [2.75, 3.05) is 26.4 Å². The molecule has 1 heterocycles. The van der Waals surface area contributed by atoms with Crippen LogP contribution >= 0.6 is 0 Å². The van der Waals surface area contributed by atoms with Gasteiger partial charge in [-0.3, -0.25) is 0 Å². The van der Waals surface area contributed by atoms with Gasteiger partial charge >= 0.3 is 5.97 Å². The molecule has 5 nitrogen and oxygen atoms in total. The standard InChI is InChI=1S/C17H32O5/c1-4-7-10-19-13-14-15(20-11-8-5-2)16(17(18)22-14)21-12-9-6-3/h14-16H,4-13H2,1-3H3/t14-,15+,16?/m1/s1. The summed E-state index contributed by atoms with van der Waals surface area (Å²) in [5.74, 6) is -0.318. The molecule has 0 saturated carbocycles. The fraction of sp³-hybridized carbons (Fsp3) is 0.941. The topological polar surface area (TPSA) is 54.0 Å². The molecule has 1 saturated heterocycles. The number of esters is 1. The monoisotopic (exact) mass is 316 g/mol. The van der Waals surface area contributed by atoms with Crippen LogP contribution in [-0.2, 0) is 23.7 Å². The van der Waals surface area contributed by atoms with Crippen LogP contribution in [0.4, 0.5) is 0 Å². The van der Waals surface area contributed by atoms with Crippen molar-refractivity contribution in [2.45, 2.75) is 77.6 Å². The molecule has 0 N–H and O–H groups in total. The molecule has 130 valence electrons. The van der Waals surface area contributed by atoms with Gasteiger partial charge in [-0.2, -0.15) is 0 Å². The van der Waals surface area contributed by atoms with Crippen LogP contribution in [0.5, 0.6) is 0 Å². The lowest BCUT2D eigenvalue weighted by Gasteiger charge is -2.21. The second kappa shape index (κ2) is 11.9. The van der Waals surface area contributed by atoms with E-state index in [1.165, 1.54) is 0 Å². The van der Waals surface area contributed by atoms with Crippen LogP contribution in [0.25, 0.3) is 0 Å². The number of unbranched alkanes of at least 4 members (excludes halogenated alkanes) is 3. The number of cyclic esters (lactones) is 1. The van der Waals surface area contributed by atoms with Gasteiger partial charge in [0.1, 0.15) is 6.10 Å². The van der Waals surface area contributed by atoms with Crippen molar-refractivity contribution >= 4 is 5.97 Å².